The van der Waals surface area contributed by atoms with Crippen molar-refractivity contribution in [2.75, 3.05) is 25.0 Å². The number of fused-ring (bicyclic) bond motifs is 2. The van der Waals surface area contributed by atoms with Crippen LogP contribution in [0.1, 0.15) is 34.6 Å². The van der Waals surface area contributed by atoms with E-state index >= 15 is 0 Å². The maximum Gasteiger partial charge on any atom is 0.253 e. The number of carbonyl (C=O) groups is 1. The maximum atomic E-state index is 12.1. The molecule has 1 saturated heterocycles. The second-order valence-corrected chi connectivity index (χ2v) is 7.60. The molecule has 0 spiro atoms. The summed E-state index contributed by atoms with van der Waals surface area (Å²) in [4.78, 5) is 25.3. The Morgan fingerprint density at radius 2 is 2.11 bits per heavy atom. The molecule has 4 heterocycles. The van der Waals surface area contributed by atoms with E-state index in [1.54, 1.807) is 0 Å². The number of anilines is 1. The molecule has 28 heavy (non-hydrogen) atoms. The Morgan fingerprint density at radius 1 is 1.18 bits per heavy atom. The second kappa shape index (κ2) is 6.91. The summed E-state index contributed by atoms with van der Waals surface area (Å²) in [6, 6.07) is 8.31. The third-order valence-corrected chi connectivity index (χ3v) is 5.60. The van der Waals surface area contributed by atoms with Gasteiger partial charge >= 0.3 is 0 Å². The summed E-state index contributed by atoms with van der Waals surface area (Å²) >= 11 is 0. The zero-order valence-corrected chi connectivity index (χ0v) is 15.9. The first-order valence-corrected chi connectivity index (χ1v) is 9.94. The molecule has 3 aromatic rings. The fraction of sp³-hybridized carbons (Fsp3) is 0.381. The predicted molar refractivity (Wildman–Crippen MR) is 110 cm³/mol. The summed E-state index contributed by atoms with van der Waals surface area (Å²) in [6.45, 7) is 4.69. The van der Waals surface area contributed by atoms with Crippen molar-refractivity contribution in [3.63, 3.8) is 0 Å². The molecule has 2 aliphatic heterocycles. The van der Waals surface area contributed by atoms with E-state index in [0.717, 1.165) is 71.0 Å². The van der Waals surface area contributed by atoms with Gasteiger partial charge in [-0.2, -0.15) is 0 Å². The van der Waals surface area contributed by atoms with Crippen LogP contribution in [0.25, 0.3) is 22.3 Å². The molecule has 1 fully saturated rings. The van der Waals surface area contributed by atoms with Gasteiger partial charge < -0.3 is 20.9 Å². The smallest absolute Gasteiger partial charge is 0.253 e. The zero-order chi connectivity index (χ0) is 19.1. The van der Waals surface area contributed by atoms with Crippen LogP contribution in [-0.2, 0) is 6.42 Å². The van der Waals surface area contributed by atoms with Crippen molar-refractivity contribution >= 4 is 22.8 Å². The Kier molecular flexibility index (Phi) is 4.24. The van der Waals surface area contributed by atoms with E-state index < -0.39 is 0 Å². The molecule has 1 aromatic carbocycles. The first-order valence-electron chi connectivity index (χ1n) is 9.94. The number of aromatic amines is 1. The molecule has 7 nitrogen and oxygen atoms in total. The lowest BCUT2D eigenvalue weighted by Gasteiger charge is -2.25. The molecule has 1 unspecified atom stereocenters. The number of nitrogens with one attached hydrogen (secondary N) is 4. The summed E-state index contributed by atoms with van der Waals surface area (Å²) in [5.41, 5.74) is 6.21. The average molecular weight is 376 g/mol. The lowest BCUT2D eigenvalue weighted by molar-refractivity contribution is 0.0946. The van der Waals surface area contributed by atoms with Gasteiger partial charge in [-0.3, -0.25) is 4.79 Å². The zero-order valence-electron chi connectivity index (χ0n) is 15.9. The third-order valence-electron chi connectivity index (χ3n) is 5.60. The van der Waals surface area contributed by atoms with Crippen molar-refractivity contribution in [3.05, 3.63) is 41.2 Å². The number of rotatable bonds is 3. The van der Waals surface area contributed by atoms with Gasteiger partial charge in [0, 0.05) is 42.5 Å². The lowest BCUT2D eigenvalue weighted by Crippen LogP contribution is -2.38. The summed E-state index contributed by atoms with van der Waals surface area (Å²) in [5, 5.41) is 9.89. The van der Waals surface area contributed by atoms with Crippen LogP contribution >= 0.6 is 0 Å². The number of aryl methyl sites for hydroxylation is 1. The largest absolute Gasteiger partial charge is 0.365 e. The number of hydrogen-bond acceptors (Lipinski definition) is 5. The van der Waals surface area contributed by atoms with Gasteiger partial charge in [-0.1, -0.05) is 12.1 Å². The molecule has 2 aliphatic rings. The van der Waals surface area contributed by atoms with Gasteiger partial charge in [0.2, 0.25) is 0 Å². The van der Waals surface area contributed by atoms with Crippen LogP contribution in [0.3, 0.4) is 0 Å². The number of hydrogen-bond donors (Lipinski definition) is 4. The predicted octanol–water partition coefficient (Wildman–Crippen LogP) is 2.38. The normalized spacial score (nSPS) is 19.3. The van der Waals surface area contributed by atoms with Crippen LogP contribution < -0.4 is 16.0 Å². The number of amides is 1. The quantitative estimate of drug-likeness (QED) is 0.563. The molecule has 1 atom stereocenters. The van der Waals surface area contributed by atoms with Crippen molar-refractivity contribution in [1.82, 2.24) is 25.6 Å². The highest BCUT2D eigenvalue weighted by atomic mass is 16.1. The highest BCUT2D eigenvalue weighted by Crippen LogP contribution is 2.30. The maximum absolute atomic E-state index is 12.1. The number of nitrogens with zero attached hydrogens (tertiary/aromatic N) is 2. The fourth-order valence-corrected chi connectivity index (χ4v) is 4.13. The first-order chi connectivity index (χ1) is 13.7. The highest BCUT2D eigenvalue weighted by molar-refractivity contribution is 5.99. The summed E-state index contributed by atoms with van der Waals surface area (Å²) in [6.07, 6.45) is 3.11. The molecule has 0 saturated carbocycles. The minimum absolute atomic E-state index is 0.0157. The highest BCUT2D eigenvalue weighted by Gasteiger charge is 2.21. The van der Waals surface area contributed by atoms with Crippen LogP contribution in [0, 0.1) is 6.92 Å². The number of piperidine rings is 1. The fourth-order valence-electron chi connectivity index (χ4n) is 4.13. The van der Waals surface area contributed by atoms with E-state index in [1.807, 2.05) is 31.2 Å². The topological polar surface area (TPSA) is 94.7 Å². The molecular weight excluding hydrogens is 352 g/mol. The van der Waals surface area contributed by atoms with Crippen molar-refractivity contribution in [1.29, 1.82) is 0 Å². The van der Waals surface area contributed by atoms with Crippen LogP contribution in [-0.4, -0.2) is 46.5 Å². The summed E-state index contributed by atoms with van der Waals surface area (Å²) < 4.78 is 0. The summed E-state index contributed by atoms with van der Waals surface area (Å²) in [7, 11) is 0. The number of aromatic nitrogens is 3. The minimum Gasteiger partial charge on any atom is -0.365 e. The standard InChI is InChI=1S/C21H24N6O/c1-12-20(25-13-4-3-8-22-11-13)27-19-14(5-2-6-17(19)24-12)18-10-15-16(26-18)7-9-23-21(15)28/h2,5-6,10,13,22,26H,3-4,7-9,11H2,1H3,(H,23,28)(H,25,27). The number of para-hydroxylation sites is 1. The molecule has 4 N–H and O–H groups in total. The van der Waals surface area contributed by atoms with Crippen LogP contribution in [0.15, 0.2) is 24.3 Å². The van der Waals surface area contributed by atoms with E-state index in [1.165, 1.54) is 6.42 Å². The molecule has 2 aromatic heterocycles. The van der Waals surface area contributed by atoms with Gasteiger partial charge in [-0.15, -0.1) is 0 Å². The van der Waals surface area contributed by atoms with Gasteiger partial charge in [0.15, 0.2) is 0 Å². The number of H-pyrrole nitrogens is 1. The first kappa shape index (κ1) is 17.2. The Hall–Kier alpha value is -2.93. The average Bonchev–Trinajstić information content (AvgIpc) is 3.14. The Labute approximate surface area is 163 Å². The van der Waals surface area contributed by atoms with E-state index in [-0.39, 0.29) is 5.91 Å². The molecule has 0 aliphatic carbocycles. The molecule has 0 bridgehead atoms. The Bertz CT molecular complexity index is 1050. The van der Waals surface area contributed by atoms with Gasteiger partial charge in [0.1, 0.15) is 11.3 Å². The van der Waals surface area contributed by atoms with E-state index in [2.05, 4.69) is 20.9 Å². The molecular formula is C21H24N6O. The second-order valence-electron chi connectivity index (χ2n) is 7.60. The molecule has 0 radical (unpaired) electrons. The van der Waals surface area contributed by atoms with Gasteiger partial charge in [-0.25, -0.2) is 9.97 Å². The van der Waals surface area contributed by atoms with Crippen molar-refractivity contribution in [3.8, 4) is 11.3 Å². The third kappa shape index (κ3) is 3.01. The lowest BCUT2D eigenvalue weighted by atomic mass is 10.1. The SMILES string of the molecule is Cc1nc2cccc(-c3cc4c([nH]3)CCNC4=O)c2nc1NC1CCCNC1. The van der Waals surface area contributed by atoms with Gasteiger partial charge in [0.05, 0.1) is 16.8 Å². The molecule has 144 valence electrons. The Morgan fingerprint density at radius 3 is 2.93 bits per heavy atom. The van der Waals surface area contributed by atoms with Crippen molar-refractivity contribution in [2.45, 2.75) is 32.2 Å². The van der Waals surface area contributed by atoms with Gasteiger partial charge in [0.25, 0.3) is 5.91 Å². The van der Waals surface area contributed by atoms with E-state index in [9.17, 15) is 4.79 Å². The molecule has 5 rings (SSSR count). The van der Waals surface area contributed by atoms with Crippen LogP contribution in [0.5, 0.6) is 0 Å². The summed E-state index contributed by atoms with van der Waals surface area (Å²) in [5.74, 6) is 0.820. The number of benzene rings is 1. The Balaban J connectivity index is 1.57. The van der Waals surface area contributed by atoms with Crippen LogP contribution in [0.4, 0.5) is 5.82 Å². The monoisotopic (exact) mass is 376 g/mol. The number of carbonyl (C=O) groups excluding carboxylic acids is 1. The van der Waals surface area contributed by atoms with Crippen molar-refractivity contribution < 1.29 is 4.79 Å². The van der Waals surface area contributed by atoms with Crippen molar-refractivity contribution in [2.24, 2.45) is 0 Å². The molecule has 7 heteroatoms. The van der Waals surface area contributed by atoms with E-state index in [0.29, 0.717) is 12.6 Å². The van der Waals surface area contributed by atoms with Gasteiger partial charge in [-0.05, 0) is 38.4 Å². The molecule has 1 amide bonds. The van der Waals surface area contributed by atoms with Crippen LogP contribution in [0.2, 0.25) is 0 Å². The minimum atomic E-state index is -0.0157. The van der Waals surface area contributed by atoms with E-state index in [4.69, 9.17) is 9.97 Å².